The molecule has 4 heteroatoms. The molecule has 0 aliphatic carbocycles. The number of thiol groups is 1. The number of aryl methyl sites for hydroxylation is 3. The highest BCUT2D eigenvalue weighted by atomic mass is 32.1. The molecule has 0 radical (unpaired) electrons. The highest BCUT2D eigenvalue weighted by Gasteiger charge is 2.12. The minimum Gasteiger partial charge on any atom is -0.302 e. The maximum atomic E-state index is 4.46. The molecule has 0 spiro atoms. The first-order valence-corrected chi connectivity index (χ1v) is 7.83. The molecule has 0 fully saturated rings. The van der Waals surface area contributed by atoms with E-state index in [1.807, 2.05) is 6.07 Å². The minimum absolute atomic E-state index is 0.657. The second-order valence-electron chi connectivity index (χ2n) is 5.59. The Morgan fingerprint density at radius 3 is 2.32 bits per heavy atom. The Kier molecular flexibility index (Phi) is 4.29. The van der Waals surface area contributed by atoms with Crippen LogP contribution in [0.2, 0.25) is 0 Å². The average molecular weight is 309 g/mol. The van der Waals surface area contributed by atoms with Gasteiger partial charge >= 0.3 is 0 Å². The molecule has 2 aromatic carbocycles. The van der Waals surface area contributed by atoms with Crippen molar-refractivity contribution in [3.05, 3.63) is 65.2 Å². The first kappa shape index (κ1) is 14.9. The molecular weight excluding hydrogens is 290 g/mol. The van der Waals surface area contributed by atoms with Crippen molar-refractivity contribution in [2.75, 3.05) is 0 Å². The largest absolute Gasteiger partial charge is 0.302 e. The van der Waals surface area contributed by atoms with E-state index in [-0.39, 0.29) is 0 Å². The smallest absolute Gasteiger partial charge is 0.188 e. The summed E-state index contributed by atoms with van der Waals surface area (Å²) >= 11 is 4.46. The van der Waals surface area contributed by atoms with Crippen LogP contribution in [0.5, 0.6) is 0 Å². The van der Waals surface area contributed by atoms with Crippen molar-refractivity contribution >= 4 is 12.6 Å². The van der Waals surface area contributed by atoms with Crippen molar-refractivity contribution < 1.29 is 0 Å². The van der Waals surface area contributed by atoms with Gasteiger partial charge in [-0.1, -0.05) is 47.5 Å². The van der Waals surface area contributed by atoms with Gasteiger partial charge in [-0.15, -0.1) is 22.8 Å². The Bertz CT molecular complexity index is 758. The summed E-state index contributed by atoms with van der Waals surface area (Å²) in [6.07, 6.45) is 0.935. The Balaban J connectivity index is 1.90. The van der Waals surface area contributed by atoms with Gasteiger partial charge in [-0.2, -0.15) is 0 Å². The second-order valence-corrected chi connectivity index (χ2v) is 5.99. The SMILES string of the molecule is Cc1cc(C)cc(-c2nnc(S)n2CCc2ccccc2)c1. The van der Waals surface area contributed by atoms with Crippen LogP contribution in [0, 0.1) is 13.8 Å². The molecule has 3 aromatic rings. The van der Waals surface area contributed by atoms with E-state index in [4.69, 9.17) is 0 Å². The van der Waals surface area contributed by atoms with Crippen LogP contribution in [0.25, 0.3) is 11.4 Å². The maximum absolute atomic E-state index is 4.46. The first-order chi connectivity index (χ1) is 10.6. The first-order valence-electron chi connectivity index (χ1n) is 7.38. The normalized spacial score (nSPS) is 10.9. The molecule has 3 nitrogen and oxygen atoms in total. The van der Waals surface area contributed by atoms with Crippen LogP contribution in [-0.4, -0.2) is 14.8 Å². The highest BCUT2D eigenvalue weighted by molar-refractivity contribution is 7.80. The number of hydrogen-bond donors (Lipinski definition) is 1. The standard InChI is InChI=1S/C18H19N3S/c1-13-10-14(2)12-16(11-13)17-19-20-18(22)21(17)9-8-15-6-4-3-5-7-15/h3-7,10-12H,8-9H2,1-2H3,(H,20,22). The molecule has 112 valence electrons. The van der Waals surface area contributed by atoms with E-state index < -0.39 is 0 Å². The van der Waals surface area contributed by atoms with Crippen molar-refractivity contribution in [1.82, 2.24) is 14.8 Å². The summed E-state index contributed by atoms with van der Waals surface area (Å²) in [5, 5.41) is 9.12. The van der Waals surface area contributed by atoms with Gasteiger partial charge in [0.15, 0.2) is 11.0 Å². The molecule has 0 aliphatic heterocycles. The summed E-state index contributed by atoms with van der Waals surface area (Å²) < 4.78 is 2.07. The number of aromatic nitrogens is 3. The quantitative estimate of drug-likeness (QED) is 0.736. The summed E-state index contributed by atoms with van der Waals surface area (Å²) in [5.41, 5.74) is 4.86. The summed E-state index contributed by atoms with van der Waals surface area (Å²) in [5.74, 6) is 0.882. The summed E-state index contributed by atoms with van der Waals surface area (Å²) in [7, 11) is 0. The average Bonchev–Trinajstić information content (AvgIpc) is 2.86. The molecule has 1 aromatic heterocycles. The molecule has 0 saturated heterocycles. The van der Waals surface area contributed by atoms with Gasteiger partial charge in [-0.3, -0.25) is 0 Å². The lowest BCUT2D eigenvalue weighted by Crippen LogP contribution is -2.04. The van der Waals surface area contributed by atoms with Crippen LogP contribution >= 0.6 is 12.6 Å². The van der Waals surface area contributed by atoms with Crippen molar-refractivity contribution in [2.24, 2.45) is 0 Å². The Morgan fingerprint density at radius 2 is 1.64 bits per heavy atom. The molecule has 3 rings (SSSR count). The van der Waals surface area contributed by atoms with Gasteiger partial charge in [0, 0.05) is 12.1 Å². The molecule has 1 heterocycles. The molecule has 0 saturated carbocycles. The van der Waals surface area contributed by atoms with Gasteiger partial charge in [-0.25, -0.2) is 0 Å². The van der Waals surface area contributed by atoms with Gasteiger partial charge in [0.2, 0.25) is 0 Å². The molecule has 0 aliphatic rings. The zero-order chi connectivity index (χ0) is 15.5. The van der Waals surface area contributed by atoms with E-state index in [2.05, 4.69) is 83.7 Å². The third-order valence-corrected chi connectivity index (χ3v) is 4.01. The Labute approximate surface area is 136 Å². The van der Waals surface area contributed by atoms with Crippen LogP contribution in [0.4, 0.5) is 0 Å². The van der Waals surface area contributed by atoms with Crippen molar-refractivity contribution in [2.45, 2.75) is 32.0 Å². The van der Waals surface area contributed by atoms with Crippen LogP contribution in [0.3, 0.4) is 0 Å². The van der Waals surface area contributed by atoms with Crippen molar-refractivity contribution in [3.8, 4) is 11.4 Å². The van der Waals surface area contributed by atoms with E-state index >= 15 is 0 Å². The highest BCUT2D eigenvalue weighted by Crippen LogP contribution is 2.23. The zero-order valence-corrected chi connectivity index (χ0v) is 13.7. The molecule has 22 heavy (non-hydrogen) atoms. The topological polar surface area (TPSA) is 30.7 Å². The Hall–Kier alpha value is -2.07. The predicted octanol–water partition coefficient (Wildman–Crippen LogP) is 4.09. The van der Waals surface area contributed by atoms with Gasteiger partial charge in [-0.05, 0) is 38.0 Å². The Morgan fingerprint density at radius 1 is 0.955 bits per heavy atom. The van der Waals surface area contributed by atoms with Crippen LogP contribution < -0.4 is 0 Å². The number of rotatable bonds is 4. The molecule has 0 unspecified atom stereocenters. The zero-order valence-electron chi connectivity index (χ0n) is 12.8. The lowest BCUT2D eigenvalue weighted by molar-refractivity contribution is 0.641. The fraction of sp³-hybridized carbons (Fsp3) is 0.222. The maximum Gasteiger partial charge on any atom is 0.188 e. The predicted molar refractivity (Wildman–Crippen MR) is 92.3 cm³/mol. The number of nitrogens with zero attached hydrogens (tertiary/aromatic N) is 3. The number of hydrogen-bond acceptors (Lipinski definition) is 3. The lowest BCUT2D eigenvalue weighted by atomic mass is 10.1. The fourth-order valence-corrected chi connectivity index (χ4v) is 2.94. The van der Waals surface area contributed by atoms with Gasteiger partial charge < -0.3 is 4.57 Å². The van der Waals surface area contributed by atoms with Gasteiger partial charge in [0.1, 0.15) is 0 Å². The molecule has 0 N–H and O–H groups in total. The van der Waals surface area contributed by atoms with Crippen LogP contribution in [-0.2, 0) is 13.0 Å². The molecule has 0 amide bonds. The van der Waals surface area contributed by atoms with E-state index in [0.29, 0.717) is 5.16 Å². The van der Waals surface area contributed by atoms with Gasteiger partial charge in [0.05, 0.1) is 0 Å². The van der Waals surface area contributed by atoms with E-state index in [9.17, 15) is 0 Å². The van der Waals surface area contributed by atoms with Crippen molar-refractivity contribution in [3.63, 3.8) is 0 Å². The monoisotopic (exact) mass is 309 g/mol. The summed E-state index contributed by atoms with van der Waals surface area (Å²) in [6, 6.07) is 16.9. The van der Waals surface area contributed by atoms with Crippen LogP contribution in [0.1, 0.15) is 16.7 Å². The van der Waals surface area contributed by atoms with Crippen LogP contribution in [0.15, 0.2) is 53.7 Å². The van der Waals surface area contributed by atoms with E-state index in [1.165, 1.54) is 16.7 Å². The fourth-order valence-electron chi connectivity index (χ4n) is 2.70. The van der Waals surface area contributed by atoms with E-state index in [0.717, 1.165) is 24.4 Å². The second kappa shape index (κ2) is 6.36. The third-order valence-electron chi connectivity index (χ3n) is 3.68. The van der Waals surface area contributed by atoms with Crippen molar-refractivity contribution in [1.29, 1.82) is 0 Å². The van der Waals surface area contributed by atoms with Gasteiger partial charge in [0.25, 0.3) is 0 Å². The number of benzene rings is 2. The molecule has 0 atom stereocenters. The summed E-state index contributed by atoms with van der Waals surface area (Å²) in [4.78, 5) is 0. The van der Waals surface area contributed by atoms with E-state index in [1.54, 1.807) is 0 Å². The lowest BCUT2D eigenvalue weighted by Gasteiger charge is -2.10. The minimum atomic E-state index is 0.657. The molecular formula is C18H19N3S. The summed E-state index contributed by atoms with van der Waals surface area (Å²) in [6.45, 7) is 5.02. The molecule has 0 bridgehead atoms. The third kappa shape index (κ3) is 3.22.